The van der Waals surface area contributed by atoms with Crippen molar-refractivity contribution in [2.45, 2.75) is 58.4 Å². The predicted octanol–water partition coefficient (Wildman–Crippen LogP) is 1.94. The lowest BCUT2D eigenvalue weighted by molar-refractivity contribution is -0.120. The Morgan fingerprint density at radius 2 is 2.13 bits per heavy atom. The van der Waals surface area contributed by atoms with Gasteiger partial charge in [0.2, 0.25) is 5.91 Å². The lowest BCUT2D eigenvalue weighted by Gasteiger charge is -2.21. The highest BCUT2D eigenvalue weighted by Gasteiger charge is 2.25. The van der Waals surface area contributed by atoms with Crippen molar-refractivity contribution in [2.24, 2.45) is 0 Å². The molecule has 1 aromatic carbocycles. The summed E-state index contributed by atoms with van der Waals surface area (Å²) in [6.07, 6.45) is 1.13. The number of nitrogens with one attached hydrogen (secondary N) is 1. The molecule has 0 bridgehead atoms. The van der Waals surface area contributed by atoms with Crippen LogP contribution in [0.25, 0.3) is 0 Å². The number of aliphatic hydroxyl groups excluding tert-OH is 1. The monoisotopic (exact) mass is 320 g/mol. The van der Waals surface area contributed by atoms with E-state index in [9.17, 15) is 9.90 Å². The van der Waals surface area contributed by atoms with E-state index in [-0.39, 0.29) is 18.1 Å². The first-order valence-corrected chi connectivity index (χ1v) is 8.37. The highest BCUT2D eigenvalue weighted by molar-refractivity contribution is 5.73. The maximum Gasteiger partial charge on any atom is 0.217 e. The van der Waals surface area contributed by atoms with Crippen LogP contribution >= 0.6 is 0 Å². The summed E-state index contributed by atoms with van der Waals surface area (Å²) in [7, 11) is 0. The van der Waals surface area contributed by atoms with E-state index in [4.69, 9.17) is 4.74 Å². The van der Waals surface area contributed by atoms with Crippen LogP contribution in [0.4, 0.5) is 0 Å². The zero-order chi connectivity index (χ0) is 16.8. The van der Waals surface area contributed by atoms with Crippen molar-refractivity contribution in [1.29, 1.82) is 0 Å². The number of nitrogens with zero attached hydrogens (tertiary/aromatic N) is 1. The van der Waals surface area contributed by atoms with Crippen molar-refractivity contribution >= 4 is 5.91 Å². The number of aliphatic hydroxyl groups is 1. The van der Waals surface area contributed by atoms with E-state index in [1.807, 2.05) is 26.0 Å². The van der Waals surface area contributed by atoms with Crippen LogP contribution in [-0.4, -0.2) is 47.3 Å². The molecule has 23 heavy (non-hydrogen) atoms. The first kappa shape index (κ1) is 17.8. The molecule has 1 amide bonds. The van der Waals surface area contributed by atoms with E-state index in [0.717, 1.165) is 31.8 Å². The maximum absolute atomic E-state index is 11.2. The van der Waals surface area contributed by atoms with E-state index in [0.29, 0.717) is 6.42 Å². The second-order valence-corrected chi connectivity index (χ2v) is 6.54. The molecule has 2 atom stereocenters. The summed E-state index contributed by atoms with van der Waals surface area (Å²) >= 11 is 0. The molecular formula is C18H28N2O3. The van der Waals surface area contributed by atoms with Gasteiger partial charge in [-0.05, 0) is 44.4 Å². The Kier molecular flexibility index (Phi) is 6.42. The van der Waals surface area contributed by atoms with Crippen LogP contribution in [0, 0.1) is 0 Å². The number of carbonyl (C=O) groups excluding carboxylic acids is 1. The van der Waals surface area contributed by atoms with E-state index < -0.39 is 6.10 Å². The SMILES string of the molecule is CC(=O)N[C@H]1CCN(Cc2cccc(OC(C)C)c2)CC[C@@H]1O. The molecule has 5 nitrogen and oxygen atoms in total. The molecule has 2 rings (SSSR count). The Morgan fingerprint density at radius 1 is 1.39 bits per heavy atom. The van der Waals surface area contributed by atoms with Gasteiger partial charge in [0.25, 0.3) is 0 Å². The second kappa shape index (κ2) is 8.31. The highest BCUT2D eigenvalue weighted by Crippen LogP contribution is 2.19. The Hall–Kier alpha value is -1.59. The first-order chi connectivity index (χ1) is 10.9. The first-order valence-electron chi connectivity index (χ1n) is 8.37. The van der Waals surface area contributed by atoms with E-state index in [1.165, 1.54) is 12.5 Å². The largest absolute Gasteiger partial charge is 0.491 e. The molecule has 0 radical (unpaired) electrons. The summed E-state index contributed by atoms with van der Waals surface area (Å²) in [4.78, 5) is 13.5. The van der Waals surface area contributed by atoms with Crippen LogP contribution in [0.15, 0.2) is 24.3 Å². The van der Waals surface area contributed by atoms with Gasteiger partial charge in [-0.3, -0.25) is 9.69 Å². The minimum Gasteiger partial charge on any atom is -0.491 e. The number of carbonyl (C=O) groups is 1. The van der Waals surface area contributed by atoms with Crippen molar-refractivity contribution in [2.75, 3.05) is 13.1 Å². The second-order valence-electron chi connectivity index (χ2n) is 6.54. The van der Waals surface area contributed by atoms with Gasteiger partial charge in [0.15, 0.2) is 0 Å². The molecule has 1 aliphatic rings. The van der Waals surface area contributed by atoms with Crippen molar-refractivity contribution in [3.05, 3.63) is 29.8 Å². The summed E-state index contributed by atoms with van der Waals surface area (Å²) in [6.45, 7) is 8.05. The topological polar surface area (TPSA) is 61.8 Å². The van der Waals surface area contributed by atoms with Gasteiger partial charge >= 0.3 is 0 Å². The Labute approximate surface area is 138 Å². The third kappa shape index (κ3) is 5.84. The van der Waals surface area contributed by atoms with Gasteiger partial charge in [-0.1, -0.05) is 12.1 Å². The van der Waals surface area contributed by atoms with E-state index in [2.05, 4.69) is 22.3 Å². The minimum atomic E-state index is -0.473. The van der Waals surface area contributed by atoms with Crippen LogP contribution in [0.2, 0.25) is 0 Å². The number of hydrogen-bond acceptors (Lipinski definition) is 4. The zero-order valence-corrected chi connectivity index (χ0v) is 14.3. The fraction of sp³-hybridized carbons (Fsp3) is 0.611. The smallest absolute Gasteiger partial charge is 0.217 e. The molecule has 1 saturated heterocycles. The van der Waals surface area contributed by atoms with Crippen molar-refractivity contribution in [3.63, 3.8) is 0 Å². The predicted molar refractivity (Wildman–Crippen MR) is 90.3 cm³/mol. The molecule has 2 N–H and O–H groups in total. The number of rotatable bonds is 5. The van der Waals surface area contributed by atoms with Crippen molar-refractivity contribution in [3.8, 4) is 5.75 Å². The highest BCUT2D eigenvalue weighted by atomic mass is 16.5. The summed E-state index contributed by atoms with van der Waals surface area (Å²) in [6, 6.07) is 8.02. The normalized spacial score (nSPS) is 22.7. The third-order valence-corrected chi connectivity index (χ3v) is 4.03. The zero-order valence-electron chi connectivity index (χ0n) is 14.3. The van der Waals surface area contributed by atoms with Gasteiger partial charge in [-0.25, -0.2) is 0 Å². The maximum atomic E-state index is 11.2. The fourth-order valence-corrected chi connectivity index (χ4v) is 2.98. The number of hydrogen-bond donors (Lipinski definition) is 2. The van der Waals surface area contributed by atoms with Gasteiger partial charge in [0, 0.05) is 26.6 Å². The average molecular weight is 320 g/mol. The van der Waals surface area contributed by atoms with E-state index >= 15 is 0 Å². The summed E-state index contributed by atoms with van der Waals surface area (Å²) in [5, 5.41) is 13.0. The van der Waals surface area contributed by atoms with Gasteiger partial charge in [0.1, 0.15) is 5.75 Å². The molecule has 128 valence electrons. The molecule has 0 unspecified atom stereocenters. The lowest BCUT2D eigenvalue weighted by atomic mass is 10.1. The van der Waals surface area contributed by atoms with Gasteiger partial charge < -0.3 is 15.2 Å². The molecule has 0 aromatic heterocycles. The van der Waals surface area contributed by atoms with Crippen molar-refractivity contribution < 1.29 is 14.6 Å². The number of benzene rings is 1. The van der Waals surface area contributed by atoms with Crippen LogP contribution < -0.4 is 10.1 Å². The number of likely N-dealkylation sites (tertiary alicyclic amines) is 1. The molecule has 0 aliphatic carbocycles. The van der Waals surface area contributed by atoms with Crippen LogP contribution in [0.1, 0.15) is 39.2 Å². The van der Waals surface area contributed by atoms with Crippen LogP contribution in [-0.2, 0) is 11.3 Å². The van der Waals surface area contributed by atoms with Crippen LogP contribution in [0.3, 0.4) is 0 Å². The standard InChI is InChI=1S/C18H28N2O3/c1-13(2)23-16-6-4-5-15(11-16)12-20-9-7-17(19-14(3)21)18(22)8-10-20/h4-6,11,13,17-18,22H,7-10,12H2,1-3H3,(H,19,21)/t17-,18-/m0/s1. The molecule has 1 fully saturated rings. The molecule has 0 saturated carbocycles. The summed E-state index contributed by atoms with van der Waals surface area (Å²) in [5.74, 6) is 0.810. The molecule has 1 aromatic rings. The van der Waals surface area contributed by atoms with E-state index in [1.54, 1.807) is 0 Å². The van der Waals surface area contributed by atoms with Gasteiger partial charge in [0.05, 0.1) is 18.2 Å². The van der Waals surface area contributed by atoms with Gasteiger partial charge in [-0.15, -0.1) is 0 Å². The minimum absolute atomic E-state index is 0.0824. The van der Waals surface area contributed by atoms with Gasteiger partial charge in [-0.2, -0.15) is 0 Å². The number of ether oxygens (including phenoxy) is 1. The Morgan fingerprint density at radius 3 is 2.83 bits per heavy atom. The molecule has 5 heteroatoms. The average Bonchev–Trinajstić information content (AvgIpc) is 2.62. The fourth-order valence-electron chi connectivity index (χ4n) is 2.98. The third-order valence-electron chi connectivity index (χ3n) is 4.03. The van der Waals surface area contributed by atoms with Crippen LogP contribution in [0.5, 0.6) is 5.75 Å². The Bertz CT molecular complexity index is 519. The molecule has 1 heterocycles. The molecule has 0 spiro atoms. The van der Waals surface area contributed by atoms with Crippen molar-refractivity contribution in [1.82, 2.24) is 10.2 Å². The Balaban J connectivity index is 1.94. The summed E-state index contributed by atoms with van der Waals surface area (Å²) < 4.78 is 5.74. The summed E-state index contributed by atoms with van der Waals surface area (Å²) in [5.41, 5.74) is 1.20. The number of amides is 1. The molecule has 1 aliphatic heterocycles. The lowest BCUT2D eigenvalue weighted by Crippen LogP contribution is -2.42. The molecular weight excluding hydrogens is 292 g/mol. The quantitative estimate of drug-likeness (QED) is 0.870.